The van der Waals surface area contributed by atoms with E-state index in [0.29, 0.717) is 30.6 Å². The van der Waals surface area contributed by atoms with Crippen molar-refractivity contribution in [2.24, 2.45) is 4.99 Å². The van der Waals surface area contributed by atoms with Crippen LogP contribution in [0.5, 0.6) is 5.75 Å². The lowest BCUT2D eigenvalue weighted by atomic mass is 10.0. The van der Waals surface area contributed by atoms with E-state index in [0.717, 1.165) is 49.1 Å². The monoisotopic (exact) mass is 543 g/mol. The van der Waals surface area contributed by atoms with E-state index < -0.39 is 11.9 Å². The zero-order valence-electron chi connectivity index (χ0n) is 21.5. The van der Waals surface area contributed by atoms with Gasteiger partial charge in [-0.3, -0.25) is 0 Å². The lowest BCUT2D eigenvalue weighted by Crippen LogP contribution is -2.45. The van der Waals surface area contributed by atoms with Gasteiger partial charge in [0.15, 0.2) is 16.7 Å². The highest BCUT2D eigenvalue weighted by Crippen LogP contribution is 2.33. The summed E-state index contributed by atoms with van der Waals surface area (Å²) in [6.45, 7) is 3.90. The second-order valence-electron chi connectivity index (χ2n) is 8.99. The van der Waals surface area contributed by atoms with Gasteiger partial charge in [-0.25, -0.2) is 19.0 Å². The minimum absolute atomic E-state index is 0.284. The number of carboxylic acid groups (broad SMARTS) is 2. The van der Waals surface area contributed by atoms with Crippen molar-refractivity contribution in [2.45, 2.75) is 37.5 Å². The summed E-state index contributed by atoms with van der Waals surface area (Å²) in [5.41, 5.74) is 2.45. The molecule has 2 aliphatic rings. The summed E-state index contributed by atoms with van der Waals surface area (Å²) >= 11 is 1.85. The van der Waals surface area contributed by atoms with Crippen molar-refractivity contribution < 1.29 is 28.9 Å². The topological polar surface area (TPSA) is 103 Å². The van der Waals surface area contributed by atoms with Crippen LogP contribution in [0.25, 0.3) is 0 Å². The number of unbranched alkanes of at least 4 members (excludes halogenated alkanes) is 1. The van der Waals surface area contributed by atoms with Crippen molar-refractivity contribution in [3.8, 4) is 5.75 Å². The molecule has 204 valence electrons. The van der Waals surface area contributed by atoms with Crippen LogP contribution >= 0.6 is 11.8 Å². The molecule has 4 rings (SSSR count). The number of halogens is 1. The van der Waals surface area contributed by atoms with Crippen molar-refractivity contribution in [1.82, 2.24) is 9.80 Å². The number of likely N-dealkylation sites (tertiary alicyclic amines) is 1. The summed E-state index contributed by atoms with van der Waals surface area (Å²) in [4.78, 5) is 28.9. The lowest BCUT2D eigenvalue weighted by molar-refractivity contribution is -0.134. The number of aliphatic imine (C=N–C) groups is 1. The molecule has 0 aliphatic carbocycles. The fraction of sp³-hybridized carbons (Fsp3) is 0.393. The van der Waals surface area contributed by atoms with E-state index in [4.69, 9.17) is 19.9 Å². The number of benzene rings is 2. The summed E-state index contributed by atoms with van der Waals surface area (Å²) in [7, 11) is 2.19. The zero-order valence-corrected chi connectivity index (χ0v) is 22.3. The quantitative estimate of drug-likeness (QED) is 0.336. The first-order valence-corrected chi connectivity index (χ1v) is 13.6. The molecule has 2 aromatic carbocycles. The molecule has 0 atom stereocenters. The highest BCUT2D eigenvalue weighted by Gasteiger charge is 2.26. The molecule has 0 spiro atoms. The van der Waals surface area contributed by atoms with Gasteiger partial charge in [-0.05, 0) is 56.0 Å². The lowest BCUT2D eigenvalue weighted by Gasteiger charge is -2.38. The maximum absolute atomic E-state index is 13.6. The van der Waals surface area contributed by atoms with Crippen molar-refractivity contribution in [1.29, 1.82) is 0 Å². The Morgan fingerprint density at radius 1 is 1.08 bits per heavy atom. The van der Waals surface area contributed by atoms with Crippen LogP contribution < -0.4 is 4.74 Å². The van der Waals surface area contributed by atoms with Gasteiger partial charge in [0.25, 0.3) is 0 Å². The molecule has 0 radical (unpaired) electrons. The number of aliphatic carboxylic acids is 2. The number of hydrogen-bond donors (Lipinski definition) is 2. The molecule has 38 heavy (non-hydrogen) atoms. The summed E-state index contributed by atoms with van der Waals surface area (Å²) < 4.78 is 19.1. The molecule has 2 heterocycles. The van der Waals surface area contributed by atoms with Gasteiger partial charge in [-0.2, -0.15) is 0 Å². The number of fused-ring (bicyclic) bond motifs is 1. The van der Waals surface area contributed by atoms with E-state index in [1.165, 1.54) is 24.5 Å². The third kappa shape index (κ3) is 9.50. The van der Waals surface area contributed by atoms with Crippen LogP contribution in [0.3, 0.4) is 0 Å². The highest BCUT2D eigenvalue weighted by molar-refractivity contribution is 8.13. The Bertz CT molecular complexity index is 1120. The van der Waals surface area contributed by atoms with Gasteiger partial charge in [-0.15, -0.1) is 0 Å². The number of thioether (sulfide) groups is 1. The van der Waals surface area contributed by atoms with Crippen molar-refractivity contribution >= 4 is 34.6 Å². The summed E-state index contributed by atoms with van der Waals surface area (Å²) in [5.74, 6) is -1.44. The summed E-state index contributed by atoms with van der Waals surface area (Å²) in [5, 5.41) is 16.8. The molecule has 1 fully saturated rings. The molecule has 0 unspecified atom stereocenters. The third-order valence-corrected chi connectivity index (χ3v) is 7.40. The maximum atomic E-state index is 13.6. The first kappa shape index (κ1) is 29.2. The number of carboxylic acids is 2. The van der Waals surface area contributed by atoms with Crippen molar-refractivity contribution in [2.75, 3.05) is 33.3 Å². The van der Waals surface area contributed by atoms with Gasteiger partial charge < -0.3 is 24.7 Å². The van der Waals surface area contributed by atoms with Gasteiger partial charge in [0.1, 0.15) is 0 Å². The number of amidine groups is 1. The van der Waals surface area contributed by atoms with Crippen molar-refractivity contribution in [3.05, 3.63) is 72.1 Å². The Kier molecular flexibility index (Phi) is 11.6. The largest absolute Gasteiger partial charge is 0.491 e. The van der Waals surface area contributed by atoms with Crippen molar-refractivity contribution in [3.63, 3.8) is 0 Å². The van der Waals surface area contributed by atoms with Crippen LogP contribution in [0.15, 0.2) is 65.7 Å². The molecule has 1 saturated heterocycles. The molecular formula is C28H34FN3O5S. The van der Waals surface area contributed by atoms with E-state index in [2.05, 4.69) is 41.1 Å². The third-order valence-electron chi connectivity index (χ3n) is 6.30. The van der Waals surface area contributed by atoms with Crippen LogP contribution in [-0.2, 0) is 15.3 Å². The number of nitrogens with zero attached hydrogens (tertiary/aromatic N) is 3. The van der Waals surface area contributed by atoms with Crippen LogP contribution in [0, 0.1) is 5.82 Å². The second kappa shape index (κ2) is 15.1. The fourth-order valence-electron chi connectivity index (χ4n) is 4.21. The number of hydrogen-bond acceptors (Lipinski definition) is 7. The number of piperidine rings is 1. The molecule has 2 aliphatic heterocycles. The van der Waals surface area contributed by atoms with Gasteiger partial charge in [0.2, 0.25) is 0 Å². The van der Waals surface area contributed by atoms with Gasteiger partial charge in [-0.1, -0.05) is 42.1 Å². The average molecular weight is 544 g/mol. The normalized spacial score (nSPS) is 15.7. The summed E-state index contributed by atoms with van der Waals surface area (Å²) in [6.07, 6.45) is 5.48. The van der Waals surface area contributed by atoms with Gasteiger partial charge in [0, 0.05) is 44.1 Å². The predicted octanol–water partition coefficient (Wildman–Crippen LogP) is 5.03. The Morgan fingerprint density at radius 3 is 2.42 bits per heavy atom. The van der Waals surface area contributed by atoms with E-state index in [1.807, 2.05) is 11.8 Å². The van der Waals surface area contributed by atoms with Crippen LogP contribution in [-0.4, -0.2) is 76.4 Å². The van der Waals surface area contributed by atoms with Crippen LogP contribution in [0.1, 0.15) is 31.2 Å². The van der Waals surface area contributed by atoms with E-state index >= 15 is 0 Å². The number of para-hydroxylation sites is 2. The number of carbonyl (C=O) groups is 2. The summed E-state index contributed by atoms with van der Waals surface area (Å²) in [6, 6.07) is 15.6. The van der Waals surface area contributed by atoms with E-state index in [-0.39, 0.29) is 5.82 Å². The number of ether oxygens (including phenoxy) is 1. The first-order chi connectivity index (χ1) is 18.3. The average Bonchev–Trinajstić information content (AvgIpc) is 2.93. The second-order valence-corrected chi connectivity index (χ2v) is 9.93. The molecule has 2 N–H and O–H groups in total. The van der Waals surface area contributed by atoms with E-state index in [1.54, 1.807) is 18.2 Å². The Hall–Kier alpha value is -3.37. The molecule has 8 nitrogen and oxygen atoms in total. The SMILES string of the molecule is CN(C1=Nc2ccccc2CS1)C1CCN(CCCCOc2ccccc2F)CC1.O=C(O)C=CC(=O)O. The minimum atomic E-state index is -1.26. The van der Waals surface area contributed by atoms with Gasteiger partial charge >= 0.3 is 11.9 Å². The molecule has 10 heteroatoms. The van der Waals surface area contributed by atoms with Crippen LogP contribution in [0.2, 0.25) is 0 Å². The molecule has 0 saturated carbocycles. The van der Waals surface area contributed by atoms with Gasteiger partial charge in [0.05, 0.1) is 12.3 Å². The standard InChI is InChI=1S/C24H30FN3OS.C4H4O4/c1-27(24-26-22-10-4-2-8-19(22)18-30-24)20-12-15-28(16-13-20)14-6-7-17-29-23-11-5-3-9-21(23)25;5-3(6)1-2-4(7)8/h2-5,8-11,20H,6-7,12-18H2,1H3;1-2H,(H,5,6)(H,7,8). The Morgan fingerprint density at radius 2 is 1.74 bits per heavy atom. The number of rotatable bonds is 9. The fourth-order valence-corrected chi connectivity index (χ4v) is 5.25. The maximum Gasteiger partial charge on any atom is 0.328 e. The van der Waals surface area contributed by atoms with E-state index in [9.17, 15) is 14.0 Å². The molecule has 0 amide bonds. The predicted molar refractivity (Wildman–Crippen MR) is 148 cm³/mol. The molecule has 0 bridgehead atoms. The molecule has 2 aromatic rings. The Balaban J connectivity index is 0.000000436. The minimum Gasteiger partial charge on any atom is -0.491 e. The smallest absolute Gasteiger partial charge is 0.328 e. The molecule has 0 aromatic heterocycles. The molecular weight excluding hydrogens is 509 g/mol. The highest BCUT2D eigenvalue weighted by atomic mass is 32.2. The first-order valence-electron chi connectivity index (χ1n) is 12.6. The zero-order chi connectivity index (χ0) is 27.3. The Labute approximate surface area is 226 Å². The van der Waals surface area contributed by atoms with Crippen LogP contribution in [0.4, 0.5) is 10.1 Å².